The fourth-order valence-corrected chi connectivity index (χ4v) is 4.31. The van der Waals surface area contributed by atoms with E-state index >= 15 is 0 Å². The molecular formula is C27H22IN3O7. The summed E-state index contributed by atoms with van der Waals surface area (Å²) in [7, 11) is 0. The molecule has 1 aliphatic heterocycles. The number of aliphatic imine (C=N–C) groups is 1. The van der Waals surface area contributed by atoms with Crippen LogP contribution < -0.4 is 14.8 Å². The van der Waals surface area contributed by atoms with Crippen LogP contribution >= 0.6 is 22.6 Å². The Hall–Kier alpha value is -4.26. The number of cyclic esters (lactones) is 1. The van der Waals surface area contributed by atoms with E-state index in [1.807, 2.05) is 13.0 Å². The highest BCUT2D eigenvalue weighted by Crippen LogP contribution is 2.36. The summed E-state index contributed by atoms with van der Waals surface area (Å²) in [6, 6.07) is 16.5. The molecule has 0 bridgehead atoms. The Kier molecular flexibility index (Phi) is 8.36. The van der Waals surface area contributed by atoms with Crippen LogP contribution in [0, 0.1) is 13.7 Å². The lowest BCUT2D eigenvalue weighted by molar-refractivity contribution is -0.384. The Morgan fingerprint density at radius 3 is 2.47 bits per heavy atom. The number of anilines is 1. The Bertz CT molecular complexity index is 1450. The predicted molar refractivity (Wildman–Crippen MR) is 149 cm³/mol. The van der Waals surface area contributed by atoms with Gasteiger partial charge in [-0.3, -0.25) is 14.9 Å². The number of rotatable bonds is 9. The van der Waals surface area contributed by atoms with E-state index in [2.05, 4.69) is 32.9 Å². The van der Waals surface area contributed by atoms with E-state index in [9.17, 15) is 19.7 Å². The zero-order valence-electron chi connectivity index (χ0n) is 20.4. The summed E-state index contributed by atoms with van der Waals surface area (Å²) >= 11 is 2.12. The van der Waals surface area contributed by atoms with Crippen LogP contribution in [0.25, 0.3) is 6.08 Å². The third kappa shape index (κ3) is 6.54. The number of benzene rings is 3. The minimum atomic E-state index is -0.586. The molecule has 1 N–H and O–H groups in total. The molecule has 0 unspecified atom stereocenters. The van der Waals surface area contributed by atoms with Gasteiger partial charge in [0.25, 0.3) is 5.69 Å². The molecule has 0 radical (unpaired) electrons. The summed E-state index contributed by atoms with van der Waals surface area (Å²) in [4.78, 5) is 38.5. The number of carbonyl (C=O) groups excluding carboxylic acids is 2. The SMILES string of the molecule is CCOc1cc(/C=C2\N=C(c3ccc(NC(C)=O)cc3)OC2=O)cc(I)c1OCc1ccc([N+](=O)[O-])cc1. The second-order valence-electron chi connectivity index (χ2n) is 8.07. The van der Waals surface area contributed by atoms with Crippen LogP contribution in [0.1, 0.15) is 30.5 Å². The van der Waals surface area contributed by atoms with Crippen molar-refractivity contribution in [2.45, 2.75) is 20.5 Å². The van der Waals surface area contributed by atoms with Gasteiger partial charge in [-0.25, -0.2) is 9.79 Å². The first kappa shape index (κ1) is 26.8. The Labute approximate surface area is 231 Å². The van der Waals surface area contributed by atoms with Gasteiger partial charge in [0.15, 0.2) is 17.2 Å². The van der Waals surface area contributed by atoms with Crippen molar-refractivity contribution < 1.29 is 28.7 Å². The van der Waals surface area contributed by atoms with Gasteiger partial charge in [0, 0.05) is 30.3 Å². The molecule has 38 heavy (non-hydrogen) atoms. The number of nitrogens with one attached hydrogen (secondary N) is 1. The molecule has 3 aromatic carbocycles. The van der Waals surface area contributed by atoms with Crippen molar-refractivity contribution in [3.05, 3.63) is 96.7 Å². The average Bonchev–Trinajstić information content (AvgIpc) is 3.24. The lowest BCUT2D eigenvalue weighted by atomic mass is 10.1. The van der Waals surface area contributed by atoms with Crippen molar-refractivity contribution >= 4 is 57.8 Å². The van der Waals surface area contributed by atoms with Crippen LogP contribution in [0.15, 0.2) is 71.4 Å². The van der Waals surface area contributed by atoms with Crippen LogP contribution in [0.2, 0.25) is 0 Å². The van der Waals surface area contributed by atoms with E-state index in [-0.39, 0.29) is 29.8 Å². The summed E-state index contributed by atoms with van der Waals surface area (Å²) < 4.78 is 17.9. The summed E-state index contributed by atoms with van der Waals surface area (Å²) in [6.07, 6.45) is 1.60. The van der Waals surface area contributed by atoms with Crippen LogP contribution in [0.5, 0.6) is 11.5 Å². The molecule has 0 fully saturated rings. The molecule has 0 saturated heterocycles. The van der Waals surface area contributed by atoms with Crippen LogP contribution in [-0.2, 0) is 20.9 Å². The van der Waals surface area contributed by atoms with Crippen molar-refractivity contribution in [3.8, 4) is 11.5 Å². The number of halogens is 1. The molecule has 3 aromatic rings. The van der Waals surface area contributed by atoms with Gasteiger partial charge in [-0.1, -0.05) is 0 Å². The summed E-state index contributed by atoms with van der Waals surface area (Å²) in [6.45, 7) is 3.85. The summed E-state index contributed by atoms with van der Waals surface area (Å²) in [5, 5.41) is 13.5. The van der Waals surface area contributed by atoms with Crippen molar-refractivity contribution in [2.24, 2.45) is 4.99 Å². The molecule has 0 saturated carbocycles. The van der Waals surface area contributed by atoms with Gasteiger partial charge < -0.3 is 19.5 Å². The number of nitro benzene ring substituents is 1. The van der Waals surface area contributed by atoms with Gasteiger partial charge in [-0.2, -0.15) is 0 Å². The second-order valence-corrected chi connectivity index (χ2v) is 9.23. The van der Waals surface area contributed by atoms with Crippen molar-refractivity contribution in [3.63, 3.8) is 0 Å². The number of non-ortho nitro benzene ring substituents is 1. The van der Waals surface area contributed by atoms with Crippen molar-refractivity contribution in [1.29, 1.82) is 0 Å². The summed E-state index contributed by atoms with van der Waals surface area (Å²) in [5.41, 5.74) is 2.78. The first-order valence-electron chi connectivity index (χ1n) is 11.5. The average molecular weight is 627 g/mol. The normalized spacial score (nSPS) is 13.6. The van der Waals surface area contributed by atoms with E-state index in [1.165, 1.54) is 19.1 Å². The smallest absolute Gasteiger partial charge is 0.363 e. The minimum Gasteiger partial charge on any atom is -0.490 e. The standard InChI is InChI=1S/C27H22IN3O7/c1-3-36-24-14-18(12-22(28)25(24)37-15-17-4-10-21(11-5-17)31(34)35)13-23-27(33)38-26(30-23)19-6-8-20(9-7-19)29-16(2)32/h4-14H,3,15H2,1-2H3,(H,29,32)/b23-13-. The Balaban J connectivity index is 1.55. The fourth-order valence-electron chi connectivity index (χ4n) is 3.53. The fraction of sp³-hybridized carbons (Fsp3) is 0.148. The highest BCUT2D eigenvalue weighted by Gasteiger charge is 2.24. The number of hydrogen-bond donors (Lipinski definition) is 1. The van der Waals surface area contributed by atoms with Gasteiger partial charge in [-0.05, 0) is 95.2 Å². The number of amides is 1. The Morgan fingerprint density at radius 1 is 1.13 bits per heavy atom. The Morgan fingerprint density at radius 2 is 1.84 bits per heavy atom. The van der Waals surface area contributed by atoms with E-state index in [0.717, 1.165) is 9.13 Å². The second kappa shape index (κ2) is 11.9. The third-order valence-electron chi connectivity index (χ3n) is 5.24. The van der Waals surface area contributed by atoms with Gasteiger partial charge in [0.2, 0.25) is 11.8 Å². The maximum absolute atomic E-state index is 12.5. The lowest BCUT2D eigenvalue weighted by Crippen LogP contribution is -2.07. The molecule has 1 heterocycles. The number of hydrogen-bond acceptors (Lipinski definition) is 8. The maximum atomic E-state index is 12.5. The quantitative estimate of drug-likeness (QED) is 0.109. The van der Waals surface area contributed by atoms with Gasteiger partial charge >= 0.3 is 5.97 Å². The molecule has 0 aliphatic carbocycles. The van der Waals surface area contributed by atoms with E-state index in [4.69, 9.17) is 14.2 Å². The van der Waals surface area contributed by atoms with E-state index < -0.39 is 10.9 Å². The first-order chi connectivity index (χ1) is 18.2. The monoisotopic (exact) mass is 627 g/mol. The zero-order chi connectivity index (χ0) is 27.2. The van der Waals surface area contributed by atoms with Gasteiger partial charge in [0.1, 0.15) is 6.61 Å². The molecule has 194 valence electrons. The molecule has 0 spiro atoms. The molecule has 4 rings (SSSR count). The minimum absolute atomic E-state index is 0.00832. The van der Waals surface area contributed by atoms with Crippen LogP contribution in [0.3, 0.4) is 0 Å². The maximum Gasteiger partial charge on any atom is 0.363 e. The molecule has 0 aromatic heterocycles. The highest BCUT2D eigenvalue weighted by molar-refractivity contribution is 14.1. The number of nitrogens with zero attached hydrogens (tertiary/aromatic N) is 2. The van der Waals surface area contributed by atoms with E-state index in [0.29, 0.717) is 34.9 Å². The highest BCUT2D eigenvalue weighted by atomic mass is 127. The third-order valence-corrected chi connectivity index (χ3v) is 6.04. The van der Waals surface area contributed by atoms with Crippen LogP contribution in [-0.4, -0.2) is 29.3 Å². The number of carbonyl (C=O) groups is 2. The molecule has 10 nitrogen and oxygen atoms in total. The molecule has 1 aliphatic rings. The lowest BCUT2D eigenvalue weighted by Gasteiger charge is -2.15. The molecule has 11 heteroatoms. The largest absolute Gasteiger partial charge is 0.490 e. The first-order valence-corrected chi connectivity index (χ1v) is 12.5. The summed E-state index contributed by atoms with van der Waals surface area (Å²) in [5.74, 6) is 0.398. The van der Waals surface area contributed by atoms with Gasteiger partial charge in [-0.15, -0.1) is 0 Å². The van der Waals surface area contributed by atoms with E-state index in [1.54, 1.807) is 48.5 Å². The number of ether oxygens (including phenoxy) is 3. The van der Waals surface area contributed by atoms with Gasteiger partial charge in [0.05, 0.1) is 15.1 Å². The molecule has 0 atom stereocenters. The number of nitro groups is 1. The van der Waals surface area contributed by atoms with Crippen molar-refractivity contribution in [2.75, 3.05) is 11.9 Å². The molecule has 1 amide bonds. The number of esters is 1. The predicted octanol–water partition coefficient (Wildman–Crippen LogP) is 5.48. The molecular weight excluding hydrogens is 605 g/mol. The zero-order valence-corrected chi connectivity index (χ0v) is 22.6. The van der Waals surface area contributed by atoms with Crippen molar-refractivity contribution in [1.82, 2.24) is 0 Å². The van der Waals surface area contributed by atoms with Crippen LogP contribution in [0.4, 0.5) is 11.4 Å². The topological polar surface area (TPSA) is 129 Å².